The van der Waals surface area contributed by atoms with Crippen molar-refractivity contribution in [1.82, 2.24) is 0 Å². The van der Waals surface area contributed by atoms with E-state index in [4.69, 9.17) is 0 Å². The van der Waals surface area contributed by atoms with Crippen molar-refractivity contribution in [3.8, 4) is 11.6 Å². The van der Waals surface area contributed by atoms with E-state index in [1.54, 1.807) is 20.3 Å². The fourth-order valence-corrected chi connectivity index (χ4v) is 0.808. The number of hydrogen-bond acceptors (Lipinski definition) is 1. The Morgan fingerprint density at radius 2 is 1.86 bits per heavy atom. The van der Waals surface area contributed by atoms with E-state index < -0.39 is 7.14 Å². The summed E-state index contributed by atoms with van der Waals surface area (Å²) in [5.41, 5.74) is 2.59. The highest BCUT2D eigenvalue weighted by molar-refractivity contribution is 7.67. The van der Waals surface area contributed by atoms with Gasteiger partial charge in [-0.1, -0.05) is 5.92 Å². The zero-order valence-electron chi connectivity index (χ0n) is 4.86. The van der Waals surface area contributed by atoms with Gasteiger partial charge in [0.2, 0.25) is 0 Å². The third kappa shape index (κ3) is 5.79. The second-order valence-corrected chi connectivity index (χ2v) is 4.64. The van der Waals surface area contributed by atoms with Crippen LogP contribution in [0.5, 0.6) is 0 Å². The number of hydrogen-bond donors (Lipinski definition) is 0. The van der Waals surface area contributed by atoms with Gasteiger partial charge in [-0.2, -0.15) is 0 Å². The molecule has 0 aliphatic heterocycles. The molecular formula is C5H9OP. The molecule has 1 nitrogen and oxygen atoms in total. The molecule has 2 heteroatoms. The Labute approximate surface area is 44.5 Å². The van der Waals surface area contributed by atoms with Crippen LogP contribution < -0.4 is 0 Å². The van der Waals surface area contributed by atoms with E-state index in [2.05, 4.69) is 11.6 Å². The van der Waals surface area contributed by atoms with Crippen molar-refractivity contribution in [3.63, 3.8) is 0 Å². The summed E-state index contributed by atoms with van der Waals surface area (Å²) in [6.07, 6.45) is 0. The zero-order chi connectivity index (χ0) is 5.91. The van der Waals surface area contributed by atoms with Crippen molar-refractivity contribution in [3.05, 3.63) is 0 Å². The van der Waals surface area contributed by atoms with Crippen LogP contribution in [-0.4, -0.2) is 13.3 Å². The maximum Gasteiger partial charge on any atom is 0.148 e. The number of rotatable bonds is 0. The normalized spacial score (nSPS) is 9.57. The highest BCUT2D eigenvalue weighted by Crippen LogP contribution is 2.33. The molecule has 7 heavy (non-hydrogen) atoms. The maximum atomic E-state index is 10.6. The molecular weight excluding hydrogens is 107 g/mol. The first-order valence-electron chi connectivity index (χ1n) is 2.05. The van der Waals surface area contributed by atoms with E-state index in [0.717, 1.165) is 0 Å². The van der Waals surface area contributed by atoms with Crippen LogP contribution in [-0.2, 0) is 4.57 Å². The molecule has 0 atom stereocenters. The summed E-state index contributed by atoms with van der Waals surface area (Å²) >= 11 is 0. The lowest BCUT2D eigenvalue weighted by Gasteiger charge is -1.87. The predicted molar refractivity (Wildman–Crippen MR) is 32.9 cm³/mol. The first-order chi connectivity index (χ1) is 3.06. The van der Waals surface area contributed by atoms with Gasteiger partial charge in [0, 0.05) is 0 Å². The molecule has 0 aliphatic rings. The molecule has 0 amide bonds. The van der Waals surface area contributed by atoms with Crippen LogP contribution in [0.25, 0.3) is 0 Å². The molecule has 0 N–H and O–H groups in total. The van der Waals surface area contributed by atoms with Crippen LogP contribution >= 0.6 is 7.14 Å². The van der Waals surface area contributed by atoms with E-state index >= 15 is 0 Å². The molecule has 0 aromatic carbocycles. The third-order valence-corrected chi connectivity index (χ3v) is 1.14. The molecule has 0 saturated heterocycles. The standard InChI is InChI=1S/C5H9OP/c1-4-5-7(2,3)6/h1-3H3. The predicted octanol–water partition coefficient (Wildman–Crippen LogP) is 1.59. The van der Waals surface area contributed by atoms with Crippen molar-refractivity contribution < 1.29 is 4.57 Å². The lowest BCUT2D eigenvalue weighted by atomic mass is 10.8. The Bertz CT molecular complexity index is 143. The van der Waals surface area contributed by atoms with Crippen LogP contribution in [0, 0.1) is 11.6 Å². The van der Waals surface area contributed by atoms with Gasteiger partial charge in [-0.3, -0.25) is 0 Å². The average molecular weight is 116 g/mol. The molecule has 0 aromatic rings. The van der Waals surface area contributed by atoms with Gasteiger partial charge < -0.3 is 4.57 Å². The topological polar surface area (TPSA) is 17.1 Å². The molecule has 0 radical (unpaired) electrons. The van der Waals surface area contributed by atoms with Crippen LogP contribution in [0.4, 0.5) is 0 Å². The molecule has 0 saturated carbocycles. The lowest BCUT2D eigenvalue weighted by Crippen LogP contribution is -1.63. The van der Waals surface area contributed by atoms with Crippen LogP contribution in [0.1, 0.15) is 6.92 Å². The molecule has 0 unspecified atom stereocenters. The molecule has 0 rings (SSSR count). The van der Waals surface area contributed by atoms with Crippen molar-refractivity contribution in [2.24, 2.45) is 0 Å². The Morgan fingerprint density at radius 3 is 1.86 bits per heavy atom. The van der Waals surface area contributed by atoms with Gasteiger partial charge in [-0.25, -0.2) is 0 Å². The van der Waals surface area contributed by atoms with Gasteiger partial charge >= 0.3 is 0 Å². The largest absolute Gasteiger partial charge is 0.311 e. The second kappa shape index (κ2) is 2.19. The van der Waals surface area contributed by atoms with Gasteiger partial charge in [0.05, 0.1) is 0 Å². The highest BCUT2D eigenvalue weighted by atomic mass is 31.2. The fraction of sp³-hybridized carbons (Fsp3) is 0.600. The van der Waals surface area contributed by atoms with Gasteiger partial charge in [0.1, 0.15) is 7.14 Å². The average Bonchev–Trinajstić information content (AvgIpc) is 1.30. The smallest absolute Gasteiger partial charge is 0.148 e. The third-order valence-electron chi connectivity index (χ3n) is 0.381. The lowest BCUT2D eigenvalue weighted by molar-refractivity contribution is 0.589. The molecule has 0 aliphatic carbocycles. The Kier molecular flexibility index (Phi) is 2.12. The second-order valence-electron chi connectivity index (χ2n) is 1.71. The summed E-state index contributed by atoms with van der Waals surface area (Å²) in [6.45, 7) is 5.01. The molecule has 0 bridgehead atoms. The minimum atomic E-state index is -2.03. The minimum absolute atomic E-state index is 1.66. The molecule has 0 fully saturated rings. The quantitative estimate of drug-likeness (QED) is 0.347. The molecule has 0 heterocycles. The van der Waals surface area contributed by atoms with Crippen molar-refractivity contribution in [2.45, 2.75) is 6.92 Å². The van der Waals surface area contributed by atoms with E-state index in [1.165, 1.54) is 0 Å². The molecule has 0 spiro atoms. The summed E-state index contributed by atoms with van der Waals surface area (Å²) in [7, 11) is -2.03. The first kappa shape index (κ1) is 6.79. The van der Waals surface area contributed by atoms with E-state index in [1.807, 2.05) is 0 Å². The van der Waals surface area contributed by atoms with Gasteiger partial charge in [0.15, 0.2) is 0 Å². The maximum absolute atomic E-state index is 10.6. The van der Waals surface area contributed by atoms with Crippen molar-refractivity contribution in [1.29, 1.82) is 0 Å². The monoisotopic (exact) mass is 116 g/mol. The van der Waals surface area contributed by atoms with Crippen LogP contribution in [0.2, 0.25) is 0 Å². The van der Waals surface area contributed by atoms with Gasteiger partial charge in [-0.15, -0.1) is 0 Å². The van der Waals surface area contributed by atoms with Crippen molar-refractivity contribution in [2.75, 3.05) is 13.3 Å². The van der Waals surface area contributed by atoms with Crippen molar-refractivity contribution >= 4 is 7.14 Å². The highest BCUT2D eigenvalue weighted by Gasteiger charge is 1.96. The van der Waals surface area contributed by atoms with Gasteiger partial charge in [0.25, 0.3) is 0 Å². The van der Waals surface area contributed by atoms with E-state index in [9.17, 15) is 4.57 Å². The molecule has 0 aromatic heterocycles. The van der Waals surface area contributed by atoms with Crippen LogP contribution in [0.15, 0.2) is 0 Å². The van der Waals surface area contributed by atoms with Crippen LogP contribution in [0.3, 0.4) is 0 Å². The summed E-state index contributed by atoms with van der Waals surface area (Å²) < 4.78 is 10.6. The summed E-state index contributed by atoms with van der Waals surface area (Å²) in [5, 5.41) is 0. The SMILES string of the molecule is CC#CP(C)(C)=O. The zero-order valence-corrected chi connectivity index (χ0v) is 5.75. The van der Waals surface area contributed by atoms with E-state index in [-0.39, 0.29) is 0 Å². The minimum Gasteiger partial charge on any atom is -0.311 e. The summed E-state index contributed by atoms with van der Waals surface area (Å²) in [4.78, 5) is 0. The Hall–Kier alpha value is -0.210. The Balaban J connectivity index is 4.01. The summed E-state index contributed by atoms with van der Waals surface area (Å²) in [6, 6.07) is 0. The van der Waals surface area contributed by atoms with Gasteiger partial charge in [-0.05, 0) is 25.9 Å². The van der Waals surface area contributed by atoms with E-state index in [0.29, 0.717) is 0 Å². The molecule has 40 valence electrons. The Morgan fingerprint density at radius 1 is 1.43 bits per heavy atom. The summed E-state index contributed by atoms with van der Waals surface area (Å²) in [5.74, 6) is 2.59. The first-order valence-corrected chi connectivity index (χ1v) is 4.65. The fourth-order valence-electron chi connectivity index (χ4n) is 0.269.